The number of aromatic hydroxyl groups is 1. The molecule has 0 aliphatic carbocycles. The average molecular weight is 264 g/mol. The minimum Gasteiger partial charge on any atom is -0.508 e. The van der Waals surface area contributed by atoms with Crippen LogP contribution in [0.1, 0.15) is 39.3 Å². The van der Waals surface area contributed by atoms with Crippen molar-refractivity contribution in [3.05, 3.63) is 29.8 Å². The summed E-state index contributed by atoms with van der Waals surface area (Å²) in [6.07, 6.45) is 0. The fourth-order valence-electron chi connectivity index (χ4n) is 1.83. The summed E-state index contributed by atoms with van der Waals surface area (Å²) in [4.78, 5) is 13.9. The summed E-state index contributed by atoms with van der Waals surface area (Å²) >= 11 is 0. The second-order valence-electron chi connectivity index (χ2n) is 6.03. The smallest absolute Gasteiger partial charge is 0.240 e. The van der Waals surface area contributed by atoms with Crippen molar-refractivity contribution in [2.24, 2.45) is 11.1 Å². The summed E-state index contributed by atoms with van der Waals surface area (Å²) < 4.78 is 0. The highest BCUT2D eigenvalue weighted by molar-refractivity contribution is 5.82. The average Bonchev–Trinajstić information content (AvgIpc) is 2.34. The van der Waals surface area contributed by atoms with Crippen LogP contribution in [0.4, 0.5) is 0 Å². The fraction of sp³-hybridized carbons (Fsp3) is 0.533. The molecule has 0 bridgehead atoms. The van der Waals surface area contributed by atoms with E-state index in [1.54, 1.807) is 24.1 Å². The number of carbonyl (C=O) groups excluding carboxylic acids is 1. The molecule has 2 unspecified atom stereocenters. The number of para-hydroxylation sites is 1. The zero-order valence-electron chi connectivity index (χ0n) is 12.3. The lowest BCUT2D eigenvalue weighted by Crippen LogP contribution is -2.49. The number of benzene rings is 1. The van der Waals surface area contributed by atoms with Crippen molar-refractivity contribution in [1.82, 2.24) is 4.90 Å². The zero-order chi connectivity index (χ0) is 14.8. The molecule has 0 heterocycles. The van der Waals surface area contributed by atoms with Crippen LogP contribution in [-0.2, 0) is 4.79 Å². The predicted octanol–water partition coefficient (Wildman–Crippen LogP) is 2.29. The van der Waals surface area contributed by atoms with Crippen molar-refractivity contribution in [1.29, 1.82) is 0 Å². The van der Waals surface area contributed by atoms with Gasteiger partial charge in [-0.3, -0.25) is 4.79 Å². The van der Waals surface area contributed by atoms with E-state index in [1.807, 2.05) is 39.8 Å². The van der Waals surface area contributed by atoms with Crippen LogP contribution in [-0.4, -0.2) is 29.0 Å². The third kappa shape index (κ3) is 3.47. The van der Waals surface area contributed by atoms with Gasteiger partial charge in [0.25, 0.3) is 0 Å². The number of likely N-dealkylation sites (N-methyl/N-ethyl adjacent to an activating group) is 1. The number of phenols is 1. The number of nitrogens with two attached hydrogens (primary N) is 1. The van der Waals surface area contributed by atoms with Gasteiger partial charge in [-0.15, -0.1) is 0 Å². The van der Waals surface area contributed by atoms with Gasteiger partial charge in [0.1, 0.15) is 5.75 Å². The van der Waals surface area contributed by atoms with Crippen molar-refractivity contribution in [2.45, 2.75) is 39.8 Å². The highest BCUT2D eigenvalue weighted by Crippen LogP contribution is 2.29. The minimum absolute atomic E-state index is 0.122. The molecule has 0 saturated heterocycles. The largest absolute Gasteiger partial charge is 0.508 e. The number of nitrogens with zero attached hydrogens (tertiary/aromatic N) is 1. The van der Waals surface area contributed by atoms with Crippen LogP contribution in [0.25, 0.3) is 0 Å². The molecule has 4 nitrogen and oxygen atoms in total. The first-order valence-corrected chi connectivity index (χ1v) is 6.46. The Balaban J connectivity index is 2.92. The molecule has 0 radical (unpaired) electrons. The Morgan fingerprint density at radius 3 is 2.32 bits per heavy atom. The van der Waals surface area contributed by atoms with Gasteiger partial charge >= 0.3 is 0 Å². The molecule has 0 spiro atoms. The molecular formula is C15H24N2O2. The summed E-state index contributed by atoms with van der Waals surface area (Å²) in [5, 5.41) is 9.84. The van der Waals surface area contributed by atoms with E-state index in [4.69, 9.17) is 5.73 Å². The van der Waals surface area contributed by atoms with Crippen LogP contribution in [0.5, 0.6) is 5.75 Å². The number of phenolic OH excluding ortho intramolecular Hbond substituents is 1. The van der Waals surface area contributed by atoms with Crippen molar-refractivity contribution in [2.75, 3.05) is 7.05 Å². The molecule has 1 aromatic carbocycles. The summed E-state index contributed by atoms with van der Waals surface area (Å²) in [6, 6.07) is 6.25. The standard InChI is InChI=1S/C15H24N2O2/c1-10(11-8-6-7-9-12(11)18)17(5)14(19)13(16)15(2,3)4/h6-10,13,18H,16H2,1-5H3. The molecule has 106 valence electrons. The van der Waals surface area contributed by atoms with E-state index in [0.717, 1.165) is 5.56 Å². The van der Waals surface area contributed by atoms with Gasteiger partial charge in [-0.05, 0) is 18.4 Å². The predicted molar refractivity (Wildman–Crippen MR) is 76.7 cm³/mol. The quantitative estimate of drug-likeness (QED) is 0.880. The first-order chi connectivity index (χ1) is 8.66. The van der Waals surface area contributed by atoms with Crippen LogP contribution in [0, 0.1) is 5.41 Å². The summed E-state index contributed by atoms with van der Waals surface area (Å²) in [5.41, 5.74) is 6.43. The Morgan fingerprint density at radius 2 is 1.84 bits per heavy atom. The van der Waals surface area contributed by atoms with Crippen LogP contribution in [0.3, 0.4) is 0 Å². The molecule has 0 fully saturated rings. The second-order valence-corrected chi connectivity index (χ2v) is 6.03. The van der Waals surface area contributed by atoms with E-state index in [1.165, 1.54) is 0 Å². The topological polar surface area (TPSA) is 66.6 Å². The van der Waals surface area contributed by atoms with E-state index in [2.05, 4.69) is 0 Å². The van der Waals surface area contributed by atoms with Gasteiger partial charge in [-0.25, -0.2) is 0 Å². The van der Waals surface area contributed by atoms with E-state index < -0.39 is 6.04 Å². The van der Waals surface area contributed by atoms with Gasteiger partial charge in [0.15, 0.2) is 0 Å². The molecular weight excluding hydrogens is 240 g/mol. The van der Waals surface area contributed by atoms with E-state index >= 15 is 0 Å². The van der Waals surface area contributed by atoms with Crippen LogP contribution < -0.4 is 5.73 Å². The van der Waals surface area contributed by atoms with E-state index in [9.17, 15) is 9.90 Å². The SMILES string of the molecule is CC(c1ccccc1O)N(C)C(=O)C(N)C(C)(C)C. The molecule has 19 heavy (non-hydrogen) atoms. The Labute approximate surface area is 115 Å². The van der Waals surface area contributed by atoms with Gasteiger partial charge in [0, 0.05) is 12.6 Å². The van der Waals surface area contributed by atoms with E-state index in [-0.39, 0.29) is 23.1 Å². The van der Waals surface area contributed by atoms with E-state index in [0.29, 0.717) is 0 Å². The van der Waals surface area contributed by atoms with Crippen molar-refractivity contribution in [3.8, 4) is 5.75 Å². The van der Waals surface area contributed by atoms with Gasteiger partial charge in [-0.2, -0.15) is 0 Å². The molecule has 1 aromatic rings. The third-order valence-electron chi connectivity index (χ3n) is 3.51. The summed E-state index contributed by atoms with van der Waals surface area (Å²) in [7, 11) is 1.71. The van der Waals surface area contributed by atoms with Crippen LogP contribution in [0.15, 0.2) is 24.3 Å². The molecule has 1 rings (SSSR count). The lowest BCUT2D eigenvalue weighted by atomic mass is 9.86. The Morgan fingerprint density at radius 1 is 1.32 bits per heavy atom. The second kappa shape index (κ2) is 5.61. The molecule has 0 saturated carbocycles. The molecule has 4 heteroatoms. The van der Waals surface area contributed by atoms with Crippen molar-refractivity contribution in [3.63, 3.8) is 0 Å². The number of rotatable bonds is 3. The highest BCUT2D eigenvalue weighted by atomic mass is 16.3. The number of hydrogen-bond acceptors (Lipinski definition) is 3. The molecule has 0 aliphatic rings. The first-order valence-electron chi connectivity index (χ1n) is 6.46. The number of amides is 1. The Hall–Kier alpha value is -1.55. The third-order valence-corrected chi connectivity index (χ3v) is 3.51. The molecule has 3 N–H and O–H groups in total. The minimum atomic E-state index is -0.564. The van der Waals surface area contributed by atoms with Crippen molar-refractivity contribution < 1.29 is 9.90 Å². The lowest BCUT2D eigenvalue weighted by molar-refractivity contribution is -0.135. The normalized spacial score (nSPS) is 14.8. The van der Waals surface area contributed by atoms with Crippen molar-refractivity contribution >= 4 is 5.91 Å². The van der Waals surface area contributed by atoms with Gasteiger partial charge in [0.2, 0.25) is 5.91 Å². The summed E-state index contributed by atoms with van der Waals surface area (Å²) in [6.45, 7) is 7.69. The summed E-state index contributed by atoms with van der Waals surface area (Å²) in [5.74, 6) is 0.0715. The van der Waals surface area contributed by atoms with Crippen LogP contribution in [0.2, 0.25) is 0 Å². The fourth-order valence-corrected chi connectivity index (χ4v) is 1.83. The Bertz CT molecular complexity index is 452. The zero-order valence-corrected chi connectivity index (χ0v) is 12.3. The molecule has 2 atom stereocenters. The maximum atomic E-state index is 12.3. The molecule has 1 amide bonds. The van der Waals surface area contributed by atoms with Crippen LogP contribution >= 0.6 is 0 Å². The van der Waals surface area contributed by atoms with Gasteiger partial charge in [0.05, 0.1) is 12.1 Å². The molecule has 0 aliphatic heterocycles. The number of hydrogen-bond donors (Lipinski definition) is 2. The first kappa shape index (κ1) is 15.5. The Kier molecular flexibility index (Phi) is 4.58. The number of carbonyl (C=O) groups is 1. The van der Waals surface area contributed by atoms with Gasteiger partial charge in [-0.1, -0.05) is 39.0 Å². The monoisotopic (exact) mass is 264 g/mol. The molecule has 0 aromatic heterocycles. The maximum Gasteiger partial charge on any atom is 0.240 e. The highest BCUT2D eigenvalue weighted by Gasteiger charge is 2.32. The lowest BCUT2D eigenvalue weighted by Gasteiger charge is -2.33. The maximum absolute atomic E-state index is 12.3. The van der Waals surface area contributed by atoms with Gasteiger partial charge < -0.3 is 15.7 Å².